The predicted molar refractivity (Wildman–Crippen MR) is 107 cm³/mol. The molecule has 0 bridgehead atoms. The first-order chi connectivity index (χ1) is 13.8. The monoisotopic (exact) mass is 419 g/mol. The zero-order valence-corrected chi connectivity index (χ0v) is 17.1. The summed E-state index contributed by atoms with van der Waals surface area (Å²) in [6.07, 6.45) is 0.0426. The topological polar surface area (TPSA) is 79.8 Å². The van der Waals surface area contributed by atoms with E-state index in [0.717, 1.165) is 5.01 Å². The molecule has 154 valence electrons. The number of carbonyl (C=O) groups is 3. The molecule has 1 aromatic heterocycles. The van der Waals surface area contributed by atoms with Crippen LogP contribution in [0.3, 0.4) is 0 Å². The Bertz CT molecular complexity index is 922. The first-order valence-electron chi connectivity index (χ1n) is 9.23. The van der Waals surface area contributed by atoms with Crippen molar-refractivity contribution in [3.8, 4) is 0 Å². The molecule has 1 aromatic carbocycles. The zero-order chi connectivity index (χ0) is 21.0. The summed E-state index contributed by atoms with van der Waals surface area (Å²) in [7, 11) is 0. The number of amides is 1. The predicted octanol–water partition coefficient (Wildman–Crippen LogP) is 2.23. The van der Waals surface area contributed by atoms with Crippen LogP contribution in [0.5, 0.6) is 0 Å². The Morgan fingerprint density at radius 3 is 2.52 bits per heavy atom. The summed E-state index contributed by atoms with van der Waals surface area (Å²) in [5.41, 5.74) is 1.37. The Hall–Kier alpha value is -2.81. The van der Waals surface area contributed by atoms with Gasteiger partial charge in [0.05, 0.1) is 22.8 Å². The quantitative estimate of drug-likeness (QED) is 0.528. The van der Waals surface area contributed by atoms with Gasteiger partial charge in [-0.1, -0.05) is 0 Å². The van der Waals surface area contributed by atoms with Crippen molar-refractivity contribution in [2.75, 3.05) is 37.7 Å². The molecule has 7 nitrogen and oxygen atoms in total. The first-order valence-corrected chi connectivity index (χ1v) is 10.1. The Kier molecular flexibility index (Phi) is 6.58. The van der Waals surface area contributed by atoms with E-state index in [4.69, 9.17) is 4.74 Å². The van der Waals surface area contributed by atoms with Crippen molar-refractivity contribution in [1.82, 2.24) is 9.88 Å². The average molecular weight is 419 g/mol. The molecule has 1 amide bonds. The maximum Gasteiger partial charge on any atom is 0.312 e. The number of halogens is 1. The lowest BCUT2D eigenvalue weighted by Gasteiger charge is -2.36. The van der Waals surface area contributed by atoms with Crippen LogP contribution in [-0.4, -0.2) is 60.3 Å². The Labute approximate surface area is 172 Å². The van der Waals surface area contributed by atoms with Gasteiger partial charge in [-0.2, -0.15) is 0 Å². The van der Waals surface area contributed by atoms with Crippen molar-refractivity contribution < 1.29 is 23.5 Å². The molecular formula is C20H22FN3O4S. The number of aryl methyl sites for hydroxylation is 1. The summed E-state index contributed by atoms with van der Waals surface area (Å²) in [5.74, 6) is -1.41. The summed E-state index contributed by atoms with van der Waals surface area (Å²) in [4.78, 5) is 43.1. The third kappa shape index (κ3) is 5.38. The fourth-order valence-electron chi connectivity index (χ4n) is 3.10. The van der Waals surface area contributed by atoms with Gasteiger partial charge in [0.25, 0.3) is 5.91 Å². The number of carbonyl (C=O) groups excluding carboxylic acids is 3. The molecule has 1 fully saturated rings. The molecule has 2 aromatic rings. The number of aromatic nitrogens is 1. The normalized spacial score (nSPS) is 14.0. The molecule has 0 N–H and O–H groups in total. The summed E-state index contributed by atoms with van der Waals surface area (Å²) >= 11 is 1.45. The number of anilines is 1. The standard InChI is InChI=1S/C20H22FN3O4S/c1-13(25)15-3-4-18(17(21)9-15)23-5-7-24(8-6-23)19(26)11-28-20(27)10-16-12-29-14(2)22-16/h3-4,9,12H,5-8,10-11H2,1-2H3. The molecule has 2 heterocycles. The molecule has 0 saturated carbocycles. The first kappa shape index (κ1) is 20.9. The molecule has 1 saturated heterocycles. The molecule has 0 unspecified atom stereocenters. The number of rotatable bonds is 6. The summed E-state index contributed by atoms with van der Waals surface area (Å²) in [5, 5.41) is 2.66. The van der Waals surface area contributed by atoms with E-state index in [9.17, 15) is 18.8 Å². The molecule has 3 rings (SSSR count). The number of Topliss-reactive ketones (excluding diaryl/α,β-unsaturated/α-hetero) is 1. The minimum absolute atomic E-state index is 0.0426. The average Bonchev–Trinajstić information content (AvgIpc) is 3.10. The van der Waals surface area contributed by atoms with Crippen LogP contribution < -0.4 is 4.90 Å². The van der Waals surface area contributed by atoms with Gasteiger partial charge in [-0.25, -0.2) is 9.37 Å². The zero-order valence-electron chi connectivity index (χ0n) is 16.3. The number of nitrogens with zero attached hydrogens (tertiary/aromatic N) is 3. The number of ketones is 1. The second-order valence-corrected chi connectivity index (χ2v) is 7.85. The number of piperazine rings is 1. The van der Waals surface area contributed by atoms with Crippen LogP contribution in [0.4, 0.5) is 10.1 Å². The molecule has 0 radical (unpaired) electrons. The Morgan fingerprint density at radius 2 is 1.93 bits per heavy atom. The van der Waals surface area contributed by atoms with Crippen LogP contribution in [0.1, 0.15) is 28.0 Å². The van der Waals surface area contributed by atoms with E-state index in [0.29, 0.717) is 43.1 Å². The van der Waals surface area contributed by atoms with Crippen molar-refractivity contribution in [2.45, 2.75) is 20.3 Å². The third-order valence-electron chi connectivity index (χ3n) is 4.68. The van der Waals surface area contributed by atoms with Gasteiger partial charge >= 0.3 is 5.97 Å². The van der Waals surface area contributed by atoms with E-state index in [1.54, 1.807) is 22.4 Å². The van der Waals surface area contributed by atoms with Crippen molar-refractivity contribution in [1.29, 1.82) is 0 Å². The summed E-state index contributed by atoms with van der Waals surface area (Å²) < 4.78 is 19.4. The van der Waals surface area contributed by atoms with E-state index in [1.807, 2.05) is 11.8 Å². The van der Waals surface area contributed by atoms with Crippen LogP contribution in [-0.2, 0) is 20.7 Å². The van der Waals surface area contributed by atoms with Gasteiger partial charge in [0.2, 0.25) is 0 Å². The second kappa shape index (κ2) is 9.13. The molecule has 1 aliphatic heterocycles. The van der Waals surface area contributed by atoms with E-state index >= 15 is 0 Å². The van der Waals surface area contributed by atoms with Gasteiger partial charge in [-0.15, -0.1) is 11.3 Å². The van der Waals surface area contributed by atoms with E-state index < -0.39 is 11.8 Å². The lowest BCUT2D eigenvalue weighted by molar-refractivity contribution is -0.151. The number of hydrogen-bond acceptors (Lipinski definition) is 7. The highest BCUT2D eigenvalue weighted by Gasteiger charge is 2.24. The number of esters is 1. The van der Waals surface area contributed by atoms with Gasteiger partial charge in [-0.05, 0) is 32.0 Å². The smallest absolute Gasteiger partial charge is 0.312 e. The number of thiazole rings is 1. The maximum absolute atomic E-state index is 14.3. The molecule has 1 aliphatic rings. The van der Waals surface area contributed by atoms with Crippen LogP contribution >= 0.6 is 11.3 Å². The van der Waals surface area contributed by atoms with Gasteiger partial charge in [-0.3, -0.25) is 14.4 Å². The van der Waals surface area contributed by atoms with Crippen molar-refractivity contribution >= 4 is 34.7 Å². The SMILES string of the molecule is CC(=O)c1ccc(N2CCN(C(=O)COC(=O)Cc3csc(C)n3)CC2)c(F)c1. The van der Waals surface area contributed by atoms with E-state index in [-0.39, 0.29) is 24.7 Å². The number of benzene rings is 1. The molecule has 9 heteroatoms. The van der Waals surface area contributed by atoms with E-state index in [1.165, 1.54) is 24.3 Å². The highest BCUT2D eigenvalue weighted by molar-refractivity contribution is 7.09. The Morgan fingerprint density at radius 1 is 1.21 bits per heavy atom. The van der Waals surface area contributed by atoms with Crippen LogP contribution in [0.25, 0.3) is 0 Å². The van der Waals surface area contributed by atoms with Crippen molar-refractivity contribution in [2.24, 2.45) is 0 Å². The van der Waals surface area contributed by atoms with Gasteiger partial charge in [0.1, 0.15) is 5.82 Å². The fraction of sp³-hybridized carbons (Fsp3) is 0.400. The van der Waals surface area contributed by atoms with Crippen molar-refractivity contribution in [3.63, 3.8) is 0 Å². The highest BCUT2D eigenvalue weighted by atomic mass is 32.1. The maximum atomic E-state index is 14.3. The lowest BCUT2D eigenvalue weighted by atomic mass is 10.1. The lowest BCUT2D eigenvalue weighted by Crippen LogP contribution is -2.50. The van der Waals surface area contributed by atoms with Crippen LogP contribution in [0.15, 0.2) is 23.6 Å². The largest absolute Gasteiger partial charge is 0.455 e. The van der Waals surface area contributed by atoms with Crippen LogP contribution in [0.2, 0.25) is 0 Å². The summed E-state index contributed by atoms with van der Waals surface area (Å²) in [6, 6.07) is 4.42. The molecule has 0 spiro atoms. The molecule has 0 aliphatic carbocycles. The number of hydrogen-bond donors (Lipinski definition) is 0. The van der Waals surface area contributed by atoms with E-state index in [2.05, 4.69) is 4.98 Å². The third-order valence-corrected chi connectivity index (χ3v) is 5.50. The summed E-state index contributed by atoms with van der Waals surface area (Å²) in [6.45, 7) is 4.63. The van der Waals surface area contributed by atoms with Gasteiger partial charge in [0.15, 0.2) is 12.4 Å². The number of ether oxygens (including phenoxy) is 1. The second-order valence-electron chi connectivity index (χ2n) is 6.79. The highest BCUT2D eigenvalue weighted by Crippen LogP contribution is 2.22. The minimum atomic E-state index is -0.491. The molecular weight excluding hydrogens is 397 g/mol. The fourth-order valence-corrected chi connectivity index (χ4v) is 3.71. The molecule has 29 heavy (non-hydrogen) atoms. The van der Waals surface area contributed by atoms with Gasteiger partial charge < -0.3 is 14.5 Å². The van der Waals surface area contributed by atoms with Crippen LogP contribution in [0, 0.1) is 12.7 Å². The molecule has 0 atom stereocenters. The van der Waals surface area contributed by atoms with Crippen molar-refractivity contribution in [3.05, 3.63) is 45.7 Å². The Balaban J connectivity index is 1.47. The van der Waals surface area contributed by atoms with Gasteiger partial charge in [0, 0.05) is 37.1 Å². The minimum Gasteiger partial charge on any atom is -0.455 e.